The lowest BCUT2D eigenvalue weighted by Crippen LogP contribution is -2.77. The molecule has 1 aromatic heterocycles. The second kappa shape index (κ2) is 3.71. The quantitative estimate of drug-likeness (QED) is 0.872. The number of hydrogen-bond donors (Lipinski definition) is 2. The van der Waals surface area contributed by atoms with E-state index in [2.05, 4.69) is 36.7 Å². The summed E-state index contributed by atoms with van der Waals surface area (Å²) in [5, 5.41) is 13.8. The van der Waals surface area contributed by atoms with Crippen molar-refractivity contribution in [1.29, 1.82) is 0 Å². The lowest BCUT2D eigenvalue weighted by molar-refractivity contribution is -0.0913. The van der Waals surface area contributed by atoms with Crippen molar-refractivity contribution in [3.05, 3.63) is 10.3 Å². The molecule has 2 N–H and O–H groups in total. The van der Waals surface area contributed by atoms with Crippen molar-refractivity contribution in [2.75, 3.05) is 0 Å². The van der Waals surface area contributed by atoms with Gasteiger partial charge in [-0.15, -0.1) is 5.10 Å². The molecule has 3 fully saturated rings. The molecule has 0 atom stereocenters. The van der Waals surface area contributed by atoms with E-state index in [1.165, 1.54) is 0 Å². The van der Waals surface area contributed by atoms with Gasteiger partial charge in [0, 0.05) is 11.0 Å². The van der Waals surface area contributed by atoms with Gasteiger partial charge in [0.15, 0.2) is 4.60 Å². The van der Waals surface area contributed by atoms with E-state index in [9.17, 15) is 4.79 Å². The molecule has 0 spiro atoms. The maximum absolute atomic E-state index is 11.8. The molecule has 4 rings (SSSR count). The largest absolute Gasteiger partial charge is 0.444 e. The molecular formula is C12H17BrN4O2. The minimum absolute atomic E-state index is 0.0842. The fourth-order valence-electron chi connectivity index (χ4n) is 3.25. The maximum Gasteiger partial charge on any atom is 0.408 e. The molecule has 0 aromatic carbocycles. The SMILES string of the molecule is CC(C)(C)OC(=O)NC12CC(c3n[nH]nc3Br)(C1)C2. The van der Waals surface area contributed by atoms with E-state index in [-0.39, 0.29) is 17.0 Å². The zero-order valence-electron chi connectivity index (χ0n) is 11.2. The molecule has 19 heavy (non-hydrogen) atoms. The number of carbonyl (C=O) groups excluding carboxylic acids is 1. The summed E-state index contributed by atoms with van der Waals surface area (Å²) in [4.78, 5) is 11.8. The van der Waals surface area contributed by atoms with Gasteiger partial charge in [0.25, 0.3) is 0 Å². The maximum atomic E-state index is 11.8. The number of aromatic amines is 1. The number of ether oxygens (including phenoxy) is 1. The van der Waals surface area contributed by atoms with Crippen LogP contribution in [0.4, 0.5) is 4.79 Å². The number of rotatable bonds is 2. The first kappa shape index (κ1) is 12.9. The van der Waals surface area contributed by atoms with Crippen LogP contribution in [0.3, 0.4) is 0 Å². The van der Waals surface area contributed by atoms with Crippen molar-refractivity contribution < 1.29 is 9.53 Å². The normalized spacial score (nSPS) is 32.2. The van der Waals surface area contributed by atoms with Crippen LogP contribution in [-0.2, 0) is 10.2 Å². The van der Waals surface area contributed by atoms with Gasteiger partial charge in [-0.25, -0.2) is 4.79 Å². The Bertz CT molecular complexity index is 514. The van der Waals surface area contributed by atoms with Crippen LogP contribution in [0.5, 0.6) is 0 Å². The van der Waals surface area contributed by atoms with Gasteiger partial charge in [-0.1, -0.05) is 0 Å². The van der Waals surface area contributed by atoms with E-state index in [1.807, 2.05) is 20.8 Å². The van der Waals surface area contributed by atoms with Crippen molar-refractivity contribution in [2.24, 2.45) is 0 Å². The second-order valence-corrected chi connectivity index (χ2v) is 7.43. The van der Waals surface area contributed by atoms with E-state index in [1.54, 1.807) is 0 Å². The van der Waals surface area contributed by atoms with Crippen LogP contribution < -0.4 is 5.32 Å². The molecule has 7 heteroatoms. The Morgan fingerprint density at radius 1 is 1.37 bits per heavy atom. The highest BCUT2D eigenvalue weighted by atomic mass is 79.9. The molecule has 0 unspecified atom stereocenters. The minimum Gasteiger partial charge on any atom is -0.444 e. The number of carbonyl (C=O) groups is 1. The number of halogens is 1. The van der Waals surface area contributed by atoms with Gasteiger partial charge in [0.2, 0.25) is 0 Å². The first-order valence-electron chi connectivity index (χ1n) is 6.32. The van der Waals surface area contributed by atoms with Crippen molar-refractivity contribution in [3.8, 4) is 0 Å². The van der Waals surface area contributed by atoms with Gasteiger partial charge in [-0.2, -0.15) is 10.3 Å². The number of H-pyrrole nitrogens is 1. The number of nitrogens with one attached hydrogen (secondary N) is 2. The summed E-state index contributed by atoms with van der Waals surface area (Å²) >= 11 is 3.39. The second-order valence-electron chi connectivity index (χ2n) is 6.68. The summed E-state index contributed by atoms with van der Waals surface area (Å²) < 4.78 is 6.06. The first-order valence-corrected chi connectivity index (χ1v) is 7.11. The number of alkyl carbamates (subject to hydrolysis) is 1. The highest BCUT2D eigenvalue weighted by molar-refractivity contribution is 9.10. The Balaban J connectivity index is 1.59. The molecule has 2 bridgehead atoms. The van der Waals surface area contributed by atoms with Crippen molar-refractivity contribution >= 4 is 22.0 Å². The lowest BCUT2D eigenvalue weighted by Gasteiger charge is -2.69. The molecule has 1 amide bonds. The summed E-state index contributed by atoms with van der Waals surface area (Å²) in [6, 6.07) is 0. The van der Waals surface area contributed by atoms with E-state index < -0.39 is 5.60 Å². The number of aromatic nitrogens is 3. The summed E-state index contributed by atoms with van der Waals surface area (Å²) in [6.45, 7) is 5.59. The number of hydrogen-bond acceptors (Lipinski definition) is 4. The topological polar surface area (TPSA) is 79.9 Å². The molecule has 0 radical (unpaired) electrons. The van der Waals surface area contributed by atoms with E-state index in [0.717, 1.165) is 29.6 Å². The number of nitrogens with zero attached hydrogens (tertiary/aromatic N) is 2. The van der Waals surface area contributed by atoms with Gasteiger partial charge < -0.3 is 10.1 Å². The fraction of sp³-hybridized carbons (Fsp3) is 0.750. The van der Waals surface area contributed by atoms with Gasteiger partial charge in [0.05, 0.1) is 0 Å². The Labute approximate surface area is 119 Å². The monoisotopic (exact) mass is 328 g/mol. The van der Waals surface area contributed by atoms with Gasteiger partial charge in [-0.05, 0) is 56.0 Å². The molecule has 3 aliphatic carbocycles. The van der Waals surface area contributed by atoms with Gasteiger partial charge in [0.1, 0.15) is 11.3 Å². The van der Waals surface area contributed by atoms with Crippen LogP contribution in [0, 0.1) is 0 Å². The van der Waals surface area contributed by atoms with E-state index in [4.69, 9.17) is 4.74 Å². The summed E-state index contributed by atoms with van der Waals surface area (Å²) in [5.41, 5.74) is 0.502. The fourth-order valence-corrected chi connectivity index (χ4v) is 3.84. The highest BCUT2D eigenvalue weighted by Crippen LogP contribution is 2.68. The van der Waals surface area contributed by atoms with Crippen LogP contribution >= 0.6 is 15.9 Å². The Morgan fingerprint density at radius 3 is 2.47 bits per heavy atom. The van der Waals surface area contributed by atoms with Crippen molar-refractivity contribution in [2.45, 2.75) is 56.6 Å². The van der Waals surface area contributed by atoms with Crippen molar-refractivity contribution in [1.82, 2.24) is 20.7 Å². The molecule has 1 heterocycles. The average Bonchev–Trinajstić information content (AvgIpc) is 2.52. The van der Waals surface area contributed by atoms with Crippen LogP contribution in [0.25, 0.3) is 0 Å². The smallest absolute Gasteiger partial charge is 0.408 e. The van der Waals surface area contributed by atoms with Gasteiger partial charge >= 0.3 is 6.09 Å². The third-order valence-corrected chi connectivity index (χ3v) is 4.36. The van der Waals surface area contributed by atoms with E-state index >= 15 is 0 Å². The van der Waals surface area contributed by atoms with Crippen LogP contribution in [0.2, 0.25) is 0 Å². The standard InChI is InChI=1S/C12H17BrN4O2/c1-10(2,3)19-9(18)14-12-4-11(5-12,6-12)7-8(13)16-17-15-7/h4-6H2,1-3H3,(H,14,18)(H,15,16,17). The van der Waals surface area contributed by atoms with Gasteiger partial charge in [-0.3, -0.25) is 0 Å². The summed E-state index contributed by atoms with van der Waals surface area (Å²) in [7, 11) is 0. The third-order valence-electron chi connectivity index (χ3n) is 3.80. The molecule has 104 valence electrons. The Morgan fingerprint density at radius 2 is 2.00 bits per heavy atom. The molecule has 0 aliphatic heterocycles. The summed E-state index contributed by atoms with van der Waals surface area (Å²) in [6.07, 6.45) is 2.39. The Hall–Kier alpha value is -1.11. The first-order chi connectivity index (χ1) is 8.74. The summed E-state index contributed by atoms with van der Waals surface area (Å²) in [5.74, 6) is 0. The third kappa shape index (κ3) is 2.04. The molecule has 6 nitrogen and oxygen atoms in total. The lowest BCUT2D eigenvalue weighted by atomic mass is 9.38. The molecular weight excluding hydrogens is 312 g/mol. The van der Waals surface area contributed by atoms with Crippen LogP contribution in [0.15, 0.2) is 4.60 Å². The molecule has 3 saturated carbocycles. The average molecular weight is 329 g/mol. The van der Waals surface area contributed by atoms with Crippen LogP contribution in [-0.4, -0.2) is 32.6 Å². The zero-order chi connectivity index (χ0) is 13.9. The predicted octanol–water partition coefficient (Wildman–Crippen LogP) is 2.27. The predicted molar refractivity (Wildman–Crippen MR) is 71.7 cm³/mol. The molecule has 3 aliphatic rings. The molecule has 1 aromatic rings. The highest BCUT2D eigenvalue weighted by Gasteiger charge is 2.71. The van der Waals surface area contributed by atoms with Crippen LogP contribution in [0.1, 0.15) is 45.7 Å². The van der Waals surface area contributed by atoms with Crippen molar-refractivity contribution in [3.63, 3.8) is 0 Å². The zero-order valence-corrected chi connectivity index (χ0v) is 12.8. The Kier molecular flexibility index (Phi) is 2.52. The minimum atomic E-state index is -0.458. The number of amides is 1. The van der Waals surface area contributed by atoms with E-state index in [0.29, 0.717) is 0 Å². The molecule has 0 saturated heterocycles.